The molecule has 0 heterocycles. The van der Waals surface area contributed by atoms with Crippen molar-refractivity contribution in [1.29, 1.82) is 0 Å². The van der Waals surface area contributed by atoms with Gasteiger partial charge in [0.1, 0.15) is 13.2 Å². The number of carbonyl (C=O) groups is 3. The number of carbonyl (C=O) groups excluding carboxylic acids is 3. The van der Waals surface area contributed by atoms with Crippen LogP contribution in [0, 0.1) is 0 Å². The van der Waals surface area contributed by atoms with Gasteiger partial charge in [-0.3, -0.25) is 14.4 Å². The van der Waals surface area contributed by atoms with E-state index in [0.717, 1.165) is 89.9 Å². The summed E-state index contributed by atoms with van der Waals surface area (Å²) in [6.45, 7) is 6.66. The number of unbranched alkanes of at least 4 members (excludes halogenated alkanes) is 42. The summed E-state index contributed by atoms with van der Waals surface area (Å²) in [5.41, 5.74) is 0. The first-order valence-corrected chi connectivity index (χ1v) is 34.3. The van der Waals surface area contributed by atoms with Crippen LogP contribution >= 0.6 is 0 Å². The van der Waals surface area contributed by atoms with Gasteiger partial charge in [-0.1, -0.05) is 313 Å². The zero-order chi connectivity index (χ0) is 56.4. The zero-order valence-corrected chi connectivity index (χ0v) is 52.2. The van der Waals surface area contributed by atoms with Crippen LogP contribution in [0.5, 0.6) is 0 Å². The van der Waals surface area contributed by atoms with Crippen LogP contribution in [0.25, 0.3) is 0 Å². The minimum absolute atomic E-state index is 0.0775. The van der Waals surface area contributed by atoms with E-state index in [9.17, 15) is 14.4 Å². The fourth-order valence-corrected chi connectivity index (χ4v) is 10.1. The molecule has 0 aromatic carbocycles. The lowest BCUT2D eigenvalue weighted by Gasteiger charge is -2.18. The van der Waals surface area contributed by atoms with Gasteiger partial charge in [-0.15, -0.1) is 0 Å². The first-order chi connectivity index (χ1) is 38.5. The summed E-state index contributed by atoms with van der Waals surface area (Å²) in [7, 11) is 0. The van der Waals surface area contributed by atoms with Gasteiger partial charge in [0.05, 0.1) is 0 Å². The van der Waals surface area contributed by atoms with E-state index in [1.807, 2.05) is 0 Å². The second kappa shape index (κ2) is 66.6. The van der Waals surface area contributed by atoms with Gasteiger partial charge in [0.15, 0.2) is 6.10 Å². The number of esters is 3. The second-order valence-corrected chi connectivity index (χ2v) is 23.1. The predicted octanol–water partition coefficient (Wildman–Crippen LogP) is 23.5. The van der Waals surface area contributed by atoms with Crippen LogP contribution in [0.4, 0.5) is 0 Å². The molecule has 0 N–H and O–H groups in total. The van der Waals surface area contributed by atoms with Crippen LogP contribution in [-0.4, -0.2) is 37.2 Å². The summed E-state index contributed by atoms with van der Waals surface area (Å²) in [6, 6.07) is 0. The van der Waals surface area contributed by atoms with Gasteiger partial charge < -0.3 is 14.2 Å². The van der Waals surface area contributed by atoms with E-state index in [0.29, 0.717) is 19.3 Å². The number of allylic oxidation sites excluding steroid dienone is 10. The Bertz CT molecular complexity index is 1390. The van der Waals surface area contributed by atoms with Gasteiger partial charge in [-0.05, 0) is 89.9 Å². The number of ether oxygens (including phenoxy) is 3. The molecule has 0 fully saturated rings. The molecule has 0 aromatic rings. The Morgan fingerprint density at radius 2 is 0.462 bits per heavy atom. The average molecular weight is 1090 g/mol. The van der Waals surface area contributed by atoms with E-state index in [4.69, 9.17) is 14.2 Å². The molecule has 0 saturated heterocycles. The smallest absolute Gasteiger partial charge is 0.306 e. The molecule has 0 aliphatic rings. The van der Waals surface area contributed by atoms with Crippen LogP contribution in [-0.2, 0) is 28.6 Å². The third-order valence-corrected chi connectivity index (χ3v) is 15.2. The molecule has 0 aromatic heterocycles. The minimum atomic E-state index is -0.781. The molecule has 0 radical (unpaired) electrons. The monoisotopic (exact) mass is 1090 g/mol. The van der Waals surface area contributed by atoms with Gasteiger partial charge >= 0.3 is 17.9 Å². The molecule has 0 saturated carbocycles. The molecule has 1 unspecified atom stereocenters. The van der Waals surface area contributed by atoms with E-state index in [-0.39, 0.29) is 31.1 Å². The van der Waals surface area contributed by atoms with Gasteiger partial charge in [0.2, 0.25) is 0 Å². The highest BCUT2D eigenvalue weighted by molar-refractivity contribution is 5.71. The van der Waals surface area contributed by atoms with E-state index in [1.165, 1.54) is 231 Å². The first-order valence-electron chi connectivity index (χ1n) is 34.3. The molecule has 0 spiro atoms. The maximum atomic E-state index is 12.9. The fourth-order valence-electron chi connectivity index (χ4n) is 10.1. The Labute approximate surface area is 485 Å². The summed E-state index contributed by atoms with van der Waals surface area (Å²) in [4.78, 5) is 38.4. The molecular formula is C72H130O6. The number of hydrogen-bond donors (Lipinski definition) is 0. The molecule has 6 heteroatoms. The molecule has 78 heavy (non-hydrogen) atoms. The van der Waals surface area contributed by atoms with E-state index < -0.39 is 6.10 Å². The Morgan fingerprint density at radius 3 is 0.731 bits per heavy atom. The number of rotatable bonds is 63. The molecule has 1 atom stereocenters. The van der Waals surface area contributed by atoms with Crippen molar-refractivity contribution in [3.63, 3.8) is 0 Å². The van der Waals surface area contributed by atoms with E-state index in [1.54, 1.807) is 0 Å². The highest BCUT2D eigenvalue weighted by atomic mass is 16.6. The summed E-state index contributed by atoms with van der Waals surface area (Å²) < 4.78 is 17.0. The molecular weight excluding hydrogens is 961 g/mol. The SMILES string of the molecule is CCCCCC/C=C\C/C=C\CCCCCCCCCC(=O)OCC(COC(=O)CCCCCCCCCC/C=C\C/C=C\C/C=C\CCCCCCC)OC(=O)CCCCCCCCCCCCCCCCCCCCC. The zero-order valence-electron chi connectivity index (χ0n) is 52.2. The summed E-state index contributed by atoms with van der Waals surface area (Å²) in [5.74, 6) is -0.868. The van der Waals surface area contributed by atoms with Crippen molar-refractivity contribution in [1.82, 2.24) is 0 Å². The molecule has 0 bridgehead atoms. The fraction of sp³-hybridized carbons (Fsp3) is 0.819. The minimum Gasteiger partial charge on any atom is -0.462 e. The predicted molar refractivity (Wildman–Crippen MR) is 339 cm³/mol. The van der Waals surface area contributed by atoms with Crippen molar-refractivity contribution in [2.24, 2.45) is 0 Å². The average Bonchev–Trinajstić information content (AvgIpc) is 3.44. The second-order valence-electron chi connectivity index (χ2n) is 23.1. The molecule has 0 aliphatic heterocycles. The lowest BCUT2D eigenvalue weighted by atomic mass is 10.0. The van der Waals surface area contributed by atoms with Crippen molar-refractivity contribution in [3.8, 4) is 0 Å². The van der Waals surface area contributed by atoms with Crippen molar-refractivity contribution in [3.05, 3.63) is 60.8 Å². The van der Waals surface area contributed by atoms with Crippen molar-refractivity contribution in [2.75, 3.05) is 13.2 Å². The topological polar surface area (TPSA) is 78.9 Å². The van der Waals surface area contributed by atoms with Gasteiger partial charge in [-0.2, -0.15) is 0 Å². The highest BCUT2D eigenvalue weighted by Crippen LogP contribution is 2.17. The summed E-state index contributed by atoms with van der Waals surface area (Å²) >= 11 is 0. The normalized spacial score (nSPS) is 12.4. The molecule has 6 nitrogen and oxygen atoms in total. The molecule has 0 amide bonds. The lowest BCUT2D eigenvalue weighted by Crippen LogP contribution is -2.30. The van der Waals surface area contributed by atoms with Crippen molar-refractivity contribution >= 4 is 17.9 Å². The first kappa shape index (κ1) is 75.1. The molecule has 0 rings (SSSR count). The summed E-state index contributed by atoms with van der Waals surface area (Å²) in [5, 5.41) is 0. The summed E-state index contributed by atoms with van der Waals surface area (Å²) in [6.07, 6.45) is 85.1. The Morgan fingerprint density at radius 1 is 0.256 bits per heavy atom. The highest BCUT2D eigenvalue weighted by Gasteiger charge is 2.19. The van der Waals surface area contributed by atoms with Crippen LogP contribution < -0.4 is 0 Å². The molecule has 454 valence electrons. The largest absolute Gasteiger partial charge is 0.462 e. The quantitative estimate of drug-likeness (QED) is 0.0261. The van der Waals surface area contributed by atoms with Crippen LogP contribution in [0.15, 0.2) is 60.8 Å². The van der Waals surface area contributed by atoms with Gasteiger partial charge in [-0.25, -0.2) is 0 Å². The molecule has 0 aliphatic carbocycles. The Kier molecular flexibility index (Phi) is 64.2. The third kappa shape index (κ3) is 63.9. The number of hydrogen-bond acceptors (Lipinski definition) is 6. The Hall–Kier alpha value is -2.89. The van der Waals surface area contributed by atoms with Gasteiger partial charge in [0.25, 0.3) is 0 Å². The lowest BCUT2D eigenvalue weighted by molar-refractivity contribution is -0.167. The standard InChI is InChI=1S/C72H130O6/c1-4-7-10-13-16-19-22-25-28-31-34-35-36-37-39-41-44-47-50-53-56-59-62-65-71(74)77-68-69(67-76-70(73)64-61-58-55-52-49-46-43-40-33-30-27-24-21-18-15-12-9-6-3)78-72(75)66-63-60-57-54-51-48-45-42-38-32-29-26-23-20-17-14-11-8-5-2/h21-22,24-25,30-31,33-34,36-37,69H,4-20,23,26-29,32,35,38-68H2,1-3H3/b24-21-,25-22-,33-30-,34-31-,37-36-. The Balaban J connectivity index is 4.36. The van der Waals surface area contributed by atoms with Gasteiger partial charge in [0, 0.05) is 19.3 Å². The van der Waals surface area contributed by atoms with E-state index in [2.05, 4.69) is 81.5 Å². The van der Waals surface area contributed by atoms with Crippen molar-refractivity contribution < 1.29 is 28.6 Å². The van der Waals surface area contributed by atoms with Crippen LogP contribution in [0.1, 0.15) is 361 Å². The third-order valence-electron chi connectivity index (χ3n) is 15.2. The van der Waals surface area contributed by atoms with Crippen molar-refractivity contribution in [2.45, 2.75) is 367 Å². The maximum absolute atomic E-state index is 12.9. The van der Waals surface area contributed by atoms with Crippen LogP contribution in [0.3, 0.4) is 0 Å². The van der Waals surface area contributed by atoms with E-state index >= 15 is 0 Å². The van der Waals surface area contributed by atoms with Crippen LogP contribution in [0.2, 0.25) is 0 Å². The maximum Gasteiger partial charge on any atom is 0.306 e.